The largest absolute Gasteiger partial charge is 0.398 e. The second-order valence-corrected chi connectivity index (χ2v) is 7.29. The van der Waals surface area contributed by atoms with Gasteiger partial charge in [0.2, 0.25) is 15.9 Å². The number of nitrogens with one attached hydrogen (secondary N) is 2. The van der Waals surface area contributed by atoms with Gasteiger partial charge in [-0.25, -0.2) is 13.1 Å². The average molecular weight is 362 g/mol. The highest BCUT2D eigenvalue weighted by Crippen LogP contribution is 2.23. The number of benzene rings is 1. The van der Waals surface area contributed by atoms with Gasteiger partial charge in [0, 0.05) is 29.2 Å². The van der Waals surface area contributed by atoms with E-state index >= 15 is 0 Å². The standard InChI is InChI=1S/C12H16BrN3O3S/c13-10-7-9(3-4-11(10)14)20(18,19)15-6-5-12(17)16-8-1-2-8/h3-4,7-8,15H,1-2,5-6,14H2,(H,16,17). The first kappa shape index (κ1) is 15.3. The summed E-state index contributed by atoms with van der Waals surface area (Å²) in [6.45, 7) is 0.0723. The number of hydrogen-bond acceptors (Lipinski definition) is 4. The topological polar surface area (TPSA) is 101 Å². The maximum atomic E-state index is 12.0. The Morgan fingerprint density at radius 2 is 2.10 bits per heavy atom. The third kappa shape index (κ3) is 4.19. The fourth-order valence-electron chi connectivity index (χ4n) is 1.58. The number of rotatable bonds is 6. The van der Waals surface area contributed by atoms with Gasteiger partial charge in [-0.05, 0) is 47.0 Å². The molecule has 1 aliphatic carbocycles. The lowest BCUT2D eigenvalue weighted by molar-refractivity contribution is -0.121. The van der Waals surface area contributed by atoms with E-state index < -0.39 is 10.0 Å². The van der Waals surface area contributed by atoms with Crippen LogP contribution in [0.2, 0.25) is 0 Å². The molecule has 0 spiro atoms. The highest BCUT2D eigenvalue weighted by atomic mass is 79.9. The molecule has 0 aromatic heterocycles. The fourth-order valence-corrected chi connectivity index (χ4v) is 3.17. The lowest BCUT2D eigenvalue weighted by atomic mass is 10.3. The van der Waals surface area contributed by atoms with Crippen molar-refractivity contribution in [3.63, 3.8) is 0 Å². The molecule has 1 amide bonds. The minimum absolute atomic E-state index is 0.0723. The Morgan fingerprint density at radius 1 is 1.40 bits per heavy atom. The van der Waals surface area contributed by atoms with Crippen LogP contribution in [0.1, 0.15) is 19.3 Å². The molecular formula is C12H16BrN3O3S. The van der Waals surface area contributed by atoms with Gasteiger partial charge in [-0.3, -0.25) is 4.79 Å². The van der Waals surface area contributed by atoms with Crippen molar-refractivity contribution in [2.24, 2.45) is 0 Å². The third-order valence-electron chi connectivity index (χ3n) is 2.87. The molecule has 6 nitrogen and oxygen atoms in total. The molecule has 1 aromatic carbocycles. The number of carbonyl (C=O) groups is 1. The molecule has 0 heterocycles. The molecule has 8 heteroatoms. The molecule has 1 fully saturated rings. The Bertz CT molecular complexity index is 614. The van der Waals surface area contributed by atoms with E-state index in [4.69, 9.17) is 5.73 Å². The lowest BCUT2D eigenvalue weighted by Gasteiger charge is -2.08. The van der Waals surface area contributed by atoms with E-state index in [0.29, 0.717) is 10.2 Å². The minimum Gasteiger partial charge on any atom is -0.398 e. The zero-order chi connectivity index (χ0) is 14.8. The number of hydrogen-bond donors (Lipinski definition) is 3. The van der Waals surface area contributed by atoms with Gasteiger partial charge < -0.3 is 11.1 Å². The van der Waals surface area contributed by atoms with Crippen LogP contribution < -0.4 is 15.8 Å². The average Bonchev–Trinajstić information content (AvgIpc) is 3.16. The van der Waals surface area contributed by atoms with Crippen LogP contribution in [0, 0.1) is 0 Å². The van der Waals surface area contributed by atoms with Gasteiger partial charge in [0.05, 0.1) is 4.90 Å². The highest BCUT2D eigenvalue weighted by Gasteiger charge is 2.23. The zero-order valence-electron chi connectivity index (χ0n) is 10.7. The molecule has 0 aliphatic heterocycles. The van der Waals surface area contributed by atoms with E-state index in [2.05, 4.69) is 26.0 Å². The van der Waals surface area contributed by atoms with Gasteiger partial charge in [0.25, 0.3) is 0 Å². The Labute approximate surface area is 126 Å². The van der Waals surface area contributed by atoms with Crippen LogP contribution in [0.3, 0.4) is 0 Å². The predicted molar refractivity (Wildman–Crippen MR) is 79.5 cm³/mol. The first-order chi connectivity index (χ1) is 9.38. The molecule has 1 saturated carbocycles. The summed E-state index contributed by atoms with van der Waals surface area (Å²) in [4.78, 5) is 11.6. The second-order valence-electron chi connectivity index (χ2n) is 4.67. The summed E-state index contributed by atoms with van der Waals surface area (Å²) in [5.41, 5.74) is 6.07. The minimum atomic E-state index is -3.62. The Kier molecular flexibility index (Phi) is 4.66. The van der Waals surface area contributed by atoms with Crippen LogP contribution in [0.15, 0.2) is 27.6 Å². The van der Waals surface area contributed by atoms with Crippen molar-refractivity contribution in [2.45, 2.75) is 30.2 Å². The van der Waals surface area contributed by atoms with E-state index in [9.17, 15) is 13.2 Å². The molecule has 110 valence electrons. The number of halogens is 1. The summed E-state index contributed by atoms with van der Waals surface area (Å²) in [6, 6.07) is 4.65. The van der Waals surface area contributed by atoms with Crippen LogP contribution >= 0.6 is 15.9 Å². The van der Waals surface area contributed by atoms with E-state index in [1.807, 2.05) is 0 Å². The van der Waals surface area contributed by atoms with Crippen molar-refractivity contribution in [3.8, 4) is 0 Å². The number of sulfonamides is 1. The zero-order valence-corrected chi connectivity index (χ0v) is 13.1. The Hall–Kier alpha value is -1.12. The van der Waals surface area contributed by atoms with Crippen molar-refractivity contribution in [3.05, 3.63) is 22.7 Å². The second kappa shape index (κ2) is 6.11. The molecular weight excluding hydrogens is 346 g/mol. The number of nitrogens with two attached hydrogens (primary N) is 1. The smallest absolute Gasteiger partial charge is 0.240 e. The maximum Gasteiger partial charge on any atom is 0.240 e. The van der Waals surface area contributed by atoms with Crippen molar-refractivity contribution < 1.29 is 13.2 Å². The molecule has 0 bridgehead atoms. The summed E-state index contributed by atoms with van der Waals surface area (Å²) < 4.78 is 26.9. The van der Waals surface area contributed by atoms with Gasteiger partial charge in [-0.15, -0.1) is 0 Å². The fraction of sp³-hybridized carbons (Fsp3) is 0.417. The van der Waals surface area contributed by atoms with Crippen LogP contribution in [-0.2, 0) is 14.8 Å². The van der Waals surface area contributed by atoms with Gasteiger partial charge in [0.1, 0.15) is 0 Å². The molecule has 1 aromatic rings. The lowest BCUT2D eigenvalue weighted by Crippen LogP contribution is -2.31. The van der Waals surface area contributed by atoms with Crippen molar-refractivity contribution in [2.75, 3.05) is 12.3 Å². The monoisotopic (exact) mass is 361 g/mol. The van der Waals surface area contributed by atoms with Gasteiger partial charge in [-0.1, -0.05) is 0 Å². The van der Waals surface area contributed by atoms with Crippen LogP contribution in [0.25, 0.3) is 0 Å². The van der Waals surface area contributed by atoms with E-state index in [1.165, 1.54) is 18.2 Å². The third-order valence-corrected chi connectivity index (χ3v) is 5.01. The number of nitrogen functional groups attached to an aromatic ring is 1. The molecule has 2 rings (SSSR count). The maximum absolute atomic E-state index is 12.0. The SMILES string of the molecule is Nc1ccc(S(=O)(=O)NCCC(=O)NC2CC2)cc1Br. The van der Waals surface area contributed by atoms with E-state index in [1.54, 1.807) is 0 Å². The van der Waals surface area contributed by atoms with Crippen molar-refractivity contribution in [1.82, 2.24) is 10.0 Å². The van der Waals surface area contributed by atoms with Crippen molar-refractivity contribution >= 4 is 37.5 Å². The predicted octanol–water partition coefficient (Wildman–Crippen LogP) is 0.978. The van der Waals surface area contributed by atoms with Gasteiger partial charge in [0.15, 0.2) is 0 Å². The number of carbonyl (C=O) groups excluding carboxylic acids is 1. The molecule has 4 N–H and O–H groups in total. The molecule has 0 radical (unpaired) electrons. The molecule has 0 saturated heterocycles. The van der Waals surface area contributed by atoms with Gasteiger partial charge in [-0.2, -0.15) is 0 Å². The number of anilines is 1. The molecule has 20 heavy (non-hydrogen) atoms. The van der Waals surface area contributed by atoms with Crippen LogP contribution in [0.4, 0.5) is 5.69 Å². The first-order valence-corrected chi connectivity index (χ1v) is 8.50. The summed E-state index contributed by atoms with van der Waals surface area (Å²) >= 11 is 3.18. The summed E-state index contributed by atoms with van der Waals surface area (Å²) in [5.74, 6) is -0.131. The highest BCUT2D eigenvalue weighted by molar-refractivity contribution is 9.10. The van der Waals surface area contributed by atoms with Crippen LogP contribution in [-0.4, -0.2) is 26.9 Å². The number of amides is 1. The Balaban J connectivity index is 1.89. The Morgan fingerprint density at radius 3 is 2.70 bits per heavy atom. The summed E-state index contributed by atoms with van der Waals surface area (Å²) in [5, 5.41) is 2.80. The van der Waals surface area contributed by atoms with E-state index in [0.717, 1.165) is 12.8 Å². The van der Waals surface area contributed by atoms with E-state index in [-0.39, 0.29) is 29.8 Å². The summed E-state index contributed by atoms with van der Waals surface area (Å²) in [6.07, 6.45) is 2.15. The quantitative estimate of drug-likeness (QED) is 0.657. The van der Waals surface area contributed by atoms with Gasteiger partial charge >= 0.3 is 0 Å². The molecule has 0 atom stereocenters. The normalized spacial score (nSPS) is 15.1. The van der Waals surface area contributed by atoms with Crippen LogP contribution in [0.5, 0.6) is 0 Å². The summed E-state index contributed by atoms with van der Waals surface area (Å²) in [7, 11) is -3.62. The molecule has 0 unspecified atom stereocenters. The van der Waals surface area contributed by atoms with Crippen molar-refractivity contribution in [1.29, 1.82) is 0 Å². The molecule has 1 aliphatic rings. The first-order valence-electron chi connectivity index (χ1n) is 6.22.